The molecule has 0 aromatic carbocycles. The number of hydrogen-bond donors (Lipinski definition) is 0. The molecule has 0 amide bonds. The van der Waals surface area contributed by atoms with Crippen LogP contribution < -0.4 is 4.74 Å². The van der Waals surface area contributed by atoms with Gasteiger partial charge in [0.15, 0.2) is 0 Å². The zero-order chi connectivity index (χ0) is 10.4. The van der Waals surface area contributed by atoms with E-state index in [1.54, 1.807) is 6.20 Å². The van der Waals surface area contributed by atoms with Gasteiger partial charge in [0.1, 0.15) is 6.10 Å². The lowest BCUT2D eigenvalue weighted by Crippen LogP contribution is -2.24. The molecule has 2 heteroatoms. The highest BCUT2D eigenvalue weighted by Crippen LogP contribution is 2.23. The maximum atomic E-state index is 5.62. The van der Waals surface area contributed by atoms with Crippen LogP contribution in [0.25, 0.3) is 0 Å². The molecular weight excluding hydrogens is 174 g/mol. The fourth-order valence-electron chi connectivity index (χ4n) is 1.23. The van der Waals surface area contributed by atoms with Gasteiger partial charge in [-0.15, -0.1) is 0 Å². The summed E-state index contributed by atoms with van der Waals surface area (Å²) in [6.07, 6.45) is 5.91. The first-order valence-electron chi connectivity index (χ1n) is 5.44. The molecule has 0 unspecified atom stereocenters. The smallest absolute Gasteiger partial charge is 0.213 e. The Bertz CT molecular complexity index is 269. The van der Waals surface area contributed by atoms with Crippen LogP contribution in [0.1, 0.15) is 38.7 Å². The molecule has 1 aliphatic carbocycles. The van der Waals surface area contributed by atoms with Crippen LogP contribution in [0.5, 0.6) is 5.88 Å². The Balaban J connectivity index is 0.000000461. The van der Waals surface area contributed by atoms with Gasteiger partial charge in [-0.3, -0.25) is 0 Å². The molecule has 1 saturated carbocycles. The fourth-order valence-corrected chi connectivity index (χ4v) is 1.23. The molecule has 1 aliphatic rings. The van der Waals surface area contributed by atoms with E-state index >= 15 is 0 Å². The monoisotopic (exact) mass is 193 g/mol. The van der Waals surface area contributed by atoms with Crippen molar-refractivity contribution in [3.05, 3.63) is 23.9 Å². The molecular formula is C12H19NO. The summed E-state index contributed by atoms with van der Waals surface area (Å²) in [4.78, 5) is 4.14. The van der Waals surface area contributed by atoms with Gasteiger partial charge in [0.2, 0.25) is 5.88 Å². The summed E-state index contributed by atoms with van der Waals surface area (Å²) in [5.74, 6) is 0.778. The molecule has 0 bridgehead atoms. The minimum atomic E-state index is 0.430. The summed E-state index contributed by atoms with van der Waals surface area (Å²) >= 11 is 0. The molecule has 1 fully saturated rings. The molecule has 0 spiro atoms. The van der Waals surface area contributed by atoms with E-state index in [0.29, 0.717) is 6.10 Å². The SMILES string of the molecule is CC.Cc1ccnc(OC2CCC2)c1. The van der Waals surface area contributed by atoms with Crippen LogP contribution in [0.15, 0.2) is 18.3 Å². The van der Waals surface area contributed by atoms with Gasteiger partial charge in [-0.1, -0.05) is 13.8 Å². The van der Waals surface area contributed by atoms with Gasteiger partial charge < -0.3 is 4.74 Å². The second-order valence-electron chi connectivity index (χ2n) is 3.34. The maximum absolute atomic E-state index is 5.62. The van der Waals surface area contributed by atoms with Crippen molar-refractivity contribution >= 4 is 0 Å². The lowest BCUT2D eigenvalue weighted by Gasteiger charge is -2.25. The first-order chi connectivity index (χ1) is 6.84. The fraction of sp³-hybridized carbons (Fsp3) is 0.583. The maximum Gasteiger partial charge on any atom is 0.213 e. The summed E-state index contributed by atoms with van der Waals surface area (Å²) in [5, 5.41) is 0. The van der Waals surface area contributed by atoms with Crippen LogP contribution in [0.4, 0.5) is 0 Å². The second kappa shape index (κ2) is 5.63. The minimum Gasteiger partial charge on any atom is -0.474 e. The number of pyridine rings is 1. The van der Waals surface area contributed by atoms with Crippen molar-refractivity contribution in [1.82, 2.24) is 4.98 Å². The Labute approximate surface area is 86.3 Å². The Morgan fingerprint density at radius 1 is 1.36 bits per heavy atom. The van der Waals surface area contributed by atoms with Crippen molar-refractivity contribution in [1.29, 1.82) is 0 Å². The van der Waals surface area contributed by atoms with Crippen LogP contribution in [0.3, 0.4) is 0 Å². The van der Waals surface area contributed by atoms with E-state index in [-0.39, 0.29) is 0 Å². The summed E-state index contributed by atoms with van der Waals surface area (Å²) in [6.45, 7) is 6.05. The first-order valence-corrected chi connectivity index (χ1v) is 5.44. The Morgan fingerprint density at radius 3 is 2.57 bits per heavy atom. The number of nitrogens with zero attached hydrogens (tertiary/aromatic N) is 1. The molecule has 78 valence electrons. The molecule has 1 aromatic rings. The van der Waals surface area contributed by atoms with Crippen LogP contribution in [0, 0.1) is 6.92 Å². The van der Waals surface area contributed by atoms with E-state index in [1.807, 2.05) is 26.0 Å². The number of aryl methyl sites for hydroxylation is 1. The quantitative estimate of drug-likeness (QED) is 0.718. The van der Waals surface area contributed by atoms with Gasteiger partial charge in [0.25, 0.3) is 0 Å². The number of aromatic nitrogens is 1. The molecule has 0 aliphatic heterocycles. The molecule has 1 heterocycles. The highest BCUT2D eigenvalue weighted by atomic mass is 16.5. The predicted molar refractivity (Wildman–Crippen MR) is 58.6 cm³/mol. The molecule has 2 rings (SSSR count). The molecule has 1 aromatic heterocycles. The predicted octanol–water partition coefficient (Wildman–Crippen LogP) is 3.35. The zero-order valence-corrected chi connectivity index (χ0v) is 9.29. The number of ether oxygens (including phenoxy) is 1. The highest BCUT2D eigenvalue weighted by Gasteiger charge is 2.19. The zero-order valence-electron chi connectivity index (χ0n) is 9.29. The van der Waals surface area contributed by atoms with Gasteiger partial charge in [0.05, 0.1) is 0 Å². The molecule has 2 nitrogen and oxygen atoms in total. The van der Waals surface area contributed by atoms with Gasteiger partial charge in [0, 0.05) is 12.3 Å². The molecule has 0 atom stereocenters. The topological polar surface area (TPSA) is 22.1 Å². The first kappa shape index (κ1) is 11.0. The van der Waals surface area contributed by atoms with E-state index in [0.717, 1.165) is 5.88 Å². The van der Waals surface area contributed by atoms with Crippen molar-refractivity contribution in [3.8, 4) is 5.88 Å². The summed E-state index contributed by atoms with van der Waals surface area (Å²) < 4.78 is 5.62. The lowest BCUT2D eigenvalue weighted by atomic mass is 9.96. The average Bonchev–Trinajstić information content (AvgIpc) is 2.15. The Hall–Kier alpha value is -1.05. The van der Waals surface area contributed by atoms with Crippen molar-refractivity contribution in [2.75, 3.05) is 0 Å². The molecule has 0 N–H and O–H groups in total. The Kier molecular flexibility index (Phi) is 4.44. The van der Waals surface area contributed by atoms with E-state index in [9.17, 15) is 0 Å². The number of hydrogen-bond acceptors (Lipinski definition) is 2. The largest absolute Gasteiger partial charge is 0.474 e. The van der Waals surface area contributed by atoms with E-state index < -0.39 is 0 Å². The van der Waals surface area contributed by atoms with Crippen LogP contribution in [-0.4, -0.2) is 11.1 Å². The summed E-state index contributed by atoms with van der Waals surface area (Å²) in [7, 11) is 0. The standard InChI is InChI=1S/C10H13NO.C2H6/c1-8-5-6-11-10(7-8)12-9-3-2-4-9;1-2/h5-7,9H,2-4H2,1H3;1-2H3. The van der Waals surface area contributed by atoms with E-state index in [2.05, 4.69) is 11.9 Å². The molecule has 0 radical (unpaired) electrons. The Morgan fingerprint density at radius 2 is 2.07 bits per heavy atom. The second-order valence-corrected chi connectivity index (χ2v) is 3.34. The lowest BCUT2D eigenvalue weighted by molar-refractivity contribution is 0.114. The van der Waals surface area contributed by atoms with Crippen molar-refractivity contribution < 1.29 is 4.74 Å². The van der Waals surface area contributed by atoms with E-state index in [4.69, 9.17) is 4.74 Å². The molecule has 0 saturated heterocycles. The van der Waals surface area contributed by atoms with E-state index in [1.165, 1.54) is 24.8 Å². The van der Waals surface area contributed by atoms with Crippen molar-refractivity contribution in [2.45, 2.75) is 46.1 Å². The summed E-state index contributed by atoms with van der Waals surface area (Å²) in [6, 6.07) is 3.96. The van der Waals surface area contributed by atoms with Gasteiger partial charge in [-0.05, 0) is 37.8 Å². The van der Waals surface area contributed by atoms with Crippen LogP contribution in [-0.2, 0) is 0 Å². The van der Waals surface area contributed by atoms with Gasteiger partial charge in [-0.2, -0.15) is 0 Å². The minimum absolute atomic E-state index is 0.430. The average molecular weight is 193 g/mol. The van der Waals surface area contributed by atoms with Crippen molar-refractivity contribution in [2.24, 2.45) is 0 Å². The number of rotatable bonds is 2. The van der Waals surface area contributed by atoms with Crippen LogP contribution in [0.2, 0.25) is 0 Å². The normalized spacial score (nSPS) is 15.1. The highest BCUT2D eigenvalue weighted by molar-refractivity contribution is 5.19. The summed E-state index contributed by atoms with van der Waals surface area (Å²) in [5.41, 5.74) is 1.21. The third-order valence-corrected chi connectivity index (χ3v) is 2.23. The third-order valence-electron chi connectivity index (χ3n) is 2.23. The van der Waals surface area contributed by atoms with Gasteiger partial charge in [-0.25, -0.2) is 4.98 Å². The van der Waals surface area contributed by atoms with Crippen molar-refractivity contribution in [3.63, 3.8) is 0 Å². The van der Waals surface area contributed by atoms with Crippen LogP contribution >= 0.6 is 0 Å². The third kappa shape index (κ3) is 3.02. The molecule has 14 heavy (non-hydrogen) atoms. The van der Waals surface area contributed by atoms with Gasteiger partial charge >= 0.3 is 0 Å².